The molecule has 0 fully saturated rings. The average molecular weight is 239 g/mol. The van der Waals surface area contributed by atoms with Crippen LogP contribution in [-0.2, 0) is 6.54 Å². The van der Waals surface area contributed by atoms with Gasteiger partial charge in [0, 0.05) is 6.54 Å². The lowest BCUT2D eigenvalue weighted by molar-refractivity contribution is 0.290. The molecule has 0 amide bonds. The molecule has 0 aromatic heterocycles. The highest BCUT2D eigenvalue weighted by Crippen LogP contribution is 2.18. The Morgan fingerprint density at radius 1 is 1.18 bits per heavy atom. The van der Waals surface area contributed by atoms with Gasteiger partial charge in [0.15, 0.2) is 11.6 Å². The highest BCUT2D eigenvalue weighted by Gasteiger charge is 2.03. The first-order valence-electron chi connectivity index (χ1n) is 6.39. The number of ether oxygens (including phenoxy) is 1. The van der Waals surface area contributed by atoms with E-state index in [-0.39, 0.29) is 5.82 Å². The van der Waals surface area contributed by atoms with Crippen molar-refractivity contribution >= 4 is 0 Å². The summed E-state index contributed by atoms with van der Waals surface area (Å²) in [5.74, 6) is 0.0131. The number of hydrogen-bond acceptors (Lipinski definition) is 2. The van der Waals surface area contributed by atoms with Crippen LogP contribution in [0.1, 0.15) is 44.6 Å². The fourth-order valence-corrected chi connectivity index (χ4v) is 1.68. The van der Waals surface area contributed by atoms with Crippen molar-refractivity contribution in [2.75, 3.05) is 6.61 Å². The first-order valence-corrected chi connectivity index (χ1v) is 6.39. The van der Waals surface area contributed by atoms with Gasteiger partial charge in [-0.3, -0.25) is 0 Å². The zero-order chi connectivity index (χ0) is 12.5. The molecule has 0 saturated carbocycles. The molecule has 96 valence electrons. The monoisotopic (exact) mass is 239 g/mol. The van der Waals surface area contributed by atoms with Crippen LogP contribution < -0.4 is 10.5 Å². The van der Waals surface area contributed by atoms with Crippen molar-refractivity contribution in [1.82, 2.24) is 0 Å². The van der Waals surface area contributed by atoms with Crippen LogP contribution >= 0.6 is 0 Å². The summed E-state index contributed by atoms with van der Waals surface area (Å²) in [4.78, 5) is 0. The van der Waals surface area contributed by atoms with E-state index in [4.69, 9.17) is 10.5 Å². The fraction of sp³-hybridized carbons (Fsp3) is 0.571. The summed E-state index contributed by atoms with van der Waals surface area (Å²) in [5.41, 5.74) is 6.22. The zero-order valence-corrected chi connectivity index (χ0v) is 10.5. The second-order valence-corrected chi connectivity index (χ2v) is 4.23. The average Bonchev–Trinajstić information content (AvgIpc) is 2.35. The van der Waals surface area contributed by atoms with Gasteiger partial charge in [-0.2, -0.15) is 0 Å². The van der Waals surface area contributed by atoms with Crippen LogP contribution in [0, 0.1) is 5.82 Å². The summed E-state index contributed by atoms with van der Waals surface area (Å²) in [7, 11) is 0. The van der Waals surface area contributed by atoms with E-state index >= 15 is 0 Å². The first-order chi connectivity index (χ1) is 8.27. The third kappa shape index (κ3) is 5.18. The third-order valence-electron chi connectivity index (χ3n) is 2.74. The molecule has 0 heterocycles. The van der Waals surface area contributed by atoms with E-state index in [1.165, 1.54) is 25.3 Å². The molecule has 0 aliphatic heterocycles. The second-order valence-electron chi connectivity index (χ2n) is 4.23. The molecule has 1 rings (SSSR count). The lowest BCUT2D eigenvalue weighted by Crippen LogP contribution is -2.01. The van der Waals surface area contributed by atoms with E-state index in [2.05, 4.69) is 6.92 Å². The lowest BCUT2D eigenvalue weighted by Gasteiger charge is -2.08. The maximum atomic E-state index is 13.5. The van der Waals surface area contributed by atoms with Crippen LogP contribution in [0.15, 0.2) is 18.2 Å². The Balaban J connectivity index is 2.27. The van der Waals surface area contributed by atoms with Crippen molar-refractivity contribution in [3.8, 4) is 5.75 Å². The van der Waals surface area contributed by atoms with Gasteiger partial charge in [0.2, 0.25) is 0 Å². The van der Waals surface area contributed by atoms with Gasteiger partial charge in [-0.25, -0.2) is 4.39 Å². The SMILES string of the molecule is CCCCCCCOc1ccc(CN)cc1F. The standard InChI is InChI=1S/C14H22FNO/c1-2-3-4-5-6-9-17-14-8-7-12(11-16)10-13(14)15/h7-8,10H,2-6,9,11,16H2,1H3. The number of hydrogen-bond donors (Lipinski definition) is 1. The summed E-state index contributed by atoms with van der Waals surface area (Å²) in [5, 5.41) is 0. The van der Waals surface area contributed by atoms with Crippen molar-refractivity contribution < 1.29 is 9.13 Å². The number of nitrogens with two attached hydrogens (primary N) is 1. The summed E-state index contributed by atoms with van der Waals surface area (Å²) in [6.45, 7) is 3.13. The summed E-state index contributed by atoms with van der Waals surface area (Å²) in [6.07, 6.45) is 5.86. The predicted octanol–water partition coefficient (Wildman–Crippen LogP) is 3.63. The first kappa shape index (κ1) is 14.0. The van der Waals surface area contributed by atoms with Crippen LogP contribution in [0.25, 0.3) is 0 Å². The van der Waals surface area contributed by atoms with Crippen molar-refractivity contribution in [3.63, 3.8) is 0 Å². The molecule has 2 nitrogen and oxygen atoms in total. The Morgan fingerprint density at radius 3 is 2.59 bits per heavy atom. The number of unbranched alkanes of at least 4 members (excludes halogenated alkanes) is 4. The largest absolute Gasteiger partial charge is 0.491 e. The van der Waals surface area contributed by atoms with E-state index < -0.39 is 0 Å². The van der Waals surface area contributed by atoms with E-state index in [0.717, 1.165) is 18.4 Å². The van der Waals surface area contributed by atoms with Gasteiger partial charge < -0.3 is 10.5 Å². The highest BCUT2D eigenvalue weighted by atomic mass is 19.1. The summed E-state index contributed by atoms with van der Waals surface area (Å²) in [6, 6.07) is 4.89. The molecule has 0 saturated heterocycles. The lowest BCUT2D eigenvalue weighted by atomic mass is 10.2. The van der Waals surface area contributed by atoms with Crippen LogP contribution in [0.4, 0.5) is 4.39 Å². The Labute approximate surface area is 103 Å². The Hall–Kier alpha value is -1.09. The van der Waals surface area contributed by atoms with Crippen LogP contribution in [0.3, 0.4) is 0 Å². The molecular formula is C14H22FNO. The number of rotatable bonds is 8. The number of benzene rings is 1. The van der Waals surface area contributed by atoms with E-state index in [9.17, 15) is 4.39 Å². The molecule has 1 aromatic carbocycles. The normalized spacial score (nSPS) is 10.5. The minimum Gasteiger partial charge on any atom is -0.491 e. The van der Waals surface area contributed by atoms with Gasteiger partial charge in [0.25, 0.3) is 0 Å². The molecule has 2 N–H and O–H groups in total. The molecule has 0 bridgehead atoms. The number of halogens is 1. The van der Waals surface area contributed by atoms with Crippen LogP contribution in [0.5, 0.6) is 5.75 Å². The van der Waals surface area contributed by atoms with Gasteiger partial charge in [-0.1, -0.05) is 38.7 Å². The molecule has 0 spiro atoms. The molecule has 0 atom stereocenters. The van der Waals surface area contributed by atoms with Gasteiger partial charge in [0.1, 0.15) is 0 Å². The molecule has 3 heteroatoms. The molecule has 0 aliphatic rings. The third-order valence-corrected chi connectivity index (χ3v) is 2.74. The Bertz CT molecular complexity index is 328. The van der Waals surface area contributed by atoms with Gasteiger partial charge in [0.05, 0.1) is 6.61 Å². The predicted molar refractivity (Wildman–Crippen MR) is 68.5 cm³/mol. The molecule has 1 aromatic rings. The summed E-state index contributed by atoms with van der Waals surface area (Å²) >= 11 is 0. The van der Waals surface area contributed by atoms with E-state index in [0.29, 0.717) is 18.9 Å². The second kappa shape index (κ2) is 8.07. The van der Waals surface area contributed by atoms with Gasteiger partial charge in [-0.15, -0.1) is 0 Å². The maximum Gasteiger partial charge on any atom is 0.165 e. The van der Waals surface area contributed by atoms with Crippen molar-refractivity contribution in [3.05, 3.63) is 29.6 Å². The van der Waals surface area contributed by atoms with Crippen LogP contribution in [-0.4, -0.2) is 6.61 Å². The molecule has 0 radical (unpaired) electrons. The van der Waals surface area contributed by atoms with Gasteiger partial charge >= 0.3 is 0 Å². The van der Waals surface area contributed by atoms with E-state index in [1.54, 1.807) is 12.1 Å². The highest BCUT2D eigenvalue weighted by molar-refractivity contribution is 5.29. The van der Waals surface area contributed by atoms with Crippen molar-refractivity contribution in [2.45, 2.75) is 45.6 Å². The Kier molecular flexibility index (Phi) is 6.63. The molecular weight excluding hydrogens is 217 g/mol. The minimum absolute atomic E-state index is 0.318. The van der Waals surface area contributed by atoms with Crippen molar-refractivity contribution in [1.29, 1.82) is 0 Å². The molecule has 0 aliphatic carbocycles. The fourth-order valence-electron chi connectivity index (χ4n) is 1.68. The smallest absolute Gasteiger partial charge is 0.165 e. The molecule has 17 heavy (non-hydrogen) atoms. The zero-order valence-electron chi connectivity index (χ0n) is 10.5. The van der Waals surface area contributed by atoms with Crippen molar-refractivity contribution in [2.24, 2.45) is 5.73 Å². The van der Waals surface area contributed by atoms with Gasteiger partial charge in [-0.05, 0) is 24.1 Å². The van der Waals surface area contributed by atoms with E-state index in [1.807, 2.05) is 0 Å². The molecule has 0 unspecified atom stereocenters. The topological polar surface area (TPSA) is 35.2 Å². The minimum atomic E-state index is -0.318. The summed E-state index contributed by atoms with van der Waals surface area (Å²) < 4.78 is 18.9. The quantitative estimate of drug-likeness (QED) is 0.703. The maximum absolute atomic E-state index is 13.5. The Morgan fingerprint density at radius 2 is 1.94 bits per heavy atom. The van der Waals surface area contributed by atoms with Crippen LogP contribution in [0.2, 0.25) is 0 Å².